The number of hydrogen-bond donors (Lipinski definition) is 2. The molecule has 2 atom stereocenters. The summed E-state index contributed by atoms with van der Waals surface area (Å²) < 4.78 is 11.8. The number of benzene rings is 1. The molecule has 0 radical (unpaired) electrons. The second-order valence-electron chi connectivity index (χ2n) is 7.36. The fourth-order valence-corrected chi connectivity index (χ4v) is 3.74. The fourth-order valence-electron chi connectivity index (χ4n) is 3.74. The summed E-state index contributed by atoms with van der Waals surface area (Å²) in [4.78, 5) is 6.73. The molecule has 6 nitrogen and oxygen atoms in total. The van der Waals surface area contributed by atoms with E-state index < -0.39 is 0 Å². The molecule has 0 aromatic heterocycles. The van der Waals surface area contributed by atoms with Crippen LogP contribution in [0.5, 0.6) is 11.5 Å². The van der Waals surface area contributed by atoms with E-state index in [2.05, 4.69) is 46.6 Å². The van der Waals surface area contributed by atoms with Crippen LogP contribution < -0.4 is 20.1 Å². The molecule has 26 heavy (non-hydrogen) atoms. The molecule has 2 heterocycles. The lowest BCUT2D eigenvalue weighted by molar-refractivity contribution is 0.254. The normalized spacial score (nSPS) is 22.8. The van der Waals surface area contributed by atoms with Crippen LogP contribution in [0.15, 0.2) is 17.1 Å². The number of nitrogens with one attached hydrogen (secondary N) is 2. The number of aliphatic imine (C=N–C) groups is 1. The number of ether oxygens (including phenoxy) is 2. The van der Waals surface area contributed by atoms with Crippen LogP contribution in [0.2, 0.25) is 0 Å². The topological polar surface area (TPSA) is 58.1 Å². The number of rotatable bonds is 6. The second kappa shape index (κ2) is 8.62. The predicted octanol–water partition coefficient (Wildman–Crippen LogP) is 2.03. The van der Waals surface area contributed by atoms with Gasteiger partial charge in [-0.05, 0) is 51.9 Å². The molecule has 3 rings (SSSR count). The molecule has 0 spiro atoms. The van der Waals surface area contributed by atoms with E-state index in [0.29, 0.717) is 19.1 Å². The van der Waals surface area contributed by atoms with Crippen molar-refractivity contribution in [2.45, 2.75) is 39.3 Å². The van der Waals surface area contributed by atoms with Crippen LogP contribution in [-0.2, 0) is 13.0 Å². The first-order valence-electron chi connectivity index (χ1n) is 9.67. The molecule has 1 fully saturated rings. The highest BCUT2D eigenvalue weighted by atomic mass is 16.5. The van der Waals surface area contributed by atoms with E-state index in [-0.39, 0.29) is 6.10 Å². The lowest BCUT2D eigenvalue weighted by Crippen LogP contribution is -2.39. The van der Waals surface area contributed by atoms with Crippen molar-refractivity contribution in [2.75, 3.05) is 40.3 Å². The maximum absolute atomic E-state index is 5.90. The van der Waals surface area contributed by atoms with Crippen molar-refractivity contribution in [2.24, 2.45) is 10.9 Å². The van der Waals surface area contributed by atoms with E-state index in [1.165, 1.54) is 18.5 Å². The van der Waals surface area contributed by atoms with Gasteiger partial charge in [-0.1, -0.05) is 0 Å². The maximum atomic E-state index is 5.90. The van der Waals surface area contributed by atoms with E-state index in [1.807, 2.05) is 14.0 Å². The number of hydrogen-bond acceptors (Lipinski definition) is 4. The second-order valence-corrected chi connectivity index (χ2v) is 7.36. The summed E-state index contributed by atoms with van der Waals surface area (Å²) in [6, 6.07) is 4.24. The first kappa shape index (κ1) is 18.8. The van der Waals surface area contributed by atoms with Gasteiger partial charge in [0.1, 0.15) is 17.6 Å². The van der Waals surface area contributed by atoms with Crippen molar-refractivity contribution in [1.82, 2.24) is 15.5 Å². The van der Waals surface area contributed by atoms with Crippen LogP contribution in [0.1, 0.15) is 31.4 Å². The third-order valence-electron chi connectivity index (χ3n) is 5.10. The van der Waals surface area contributed by atoms with Gasteiger partial charge in [0.15, 0.2) is 5.96 Å². The van der Waals surface area contributed by atoms with Gasteiger partial charge in [-0.3, -0.25) is 4.99 Å². The fraction of sp³-hybridized carbons (Fsp3) is 0.650. The number of guanidine groups is 1. The highest BCUT2D eigenvalue weighted by molar-refractivity contribution is 5.79. The zero-order valence-corrected chi connectivity index (χ0v) is 16.5. The number of fused-ring (bicyclic) bond motifs is 1. The van der Waals surface area contributed by atoms with Crippen LogP contribution in [-0.4, -0.2) is 57.3 Å². The van der Waals surface area contributed by atoms with E-state index >= 15 is 0 Å². The van der Waals surface area contributed by atoms with Crippen LogP contribution in [0.25, 0.3) is 0 Å². The van der Waals surface area contributed by atoms with Gasteiger partial charge in [-0.15, -0.1) is 0 Å². The third kappa shape index (κ3) is 4.61. The van der Waals surface area contributed by atoms with E-state index in [0.717, 1.165) is 42.5 Å². The molecule has 1 saturated heterocycles. The van der Waals surface area contributed by atoms with E-state index in [4.69, 9.17) is 9.47 Å². The molecule has 2 N–H and O–H groups in total. The SMILES string of the molecule is CCOc1cc2c(cc1CNC(=NC)NCC1CCN(C)C1)OC(C)C2. The summed E-state index contributed by atoms with van der Waals surface area (Å²) >= 11 is 0. The van der Waals surface area contributed by atoms with Crippen molar-refractivity contribution in [3.05, 3.63) is 23.3 Å². The van der Waals surface area contributed by atoms with Gasteiger partial charge in [0.25, 0.3) is 0 Å². The molecule has 144 valence electrons. The Labute approximate surface area is 157 Å². The molecule has 1 aromatic rings. The van der Waals surface area contributed by atoms with Crippen molar-refractivity contribution < 1.29 is 9.47 Å². The van der Waals surface area contributed by atoms with Crippen LogP contribution in [0.4, 0.5) is 0 Å². The lowest BCUT2D eigenvalue weighted by Gasteiger charge is -2.17. The van der Waals surface area contributed by atoms with Gasteiger partial charge in [0.05, 0.1) is 6.61 Å². The summed E-state index contributed by atoms with van der Waals surface area (Å²) in [6.45, 7) is 8.72. The average Bonchev–Trinajstić information content (AvgIpc) is 3.19. The minimum absolute atomic E-state index is 0.238. The van der Waals surface area contributed by atoms with Gasteiger partial charge < -0.3 is 25.0 Å². The zero-order chi connectivity index (χ0) is 18.5. The standard InChI is InChI=1S/C20H32N4O2/c1-5-25-18-9-16-8-14(2)26-19(16)10-17(18)12-23-20(21-3)22-11-15-6-7-24(4)13-15/h9-10,14-15H,5-8,11-13H2,1-4H3,(H2,21,22,23). The Kier molecular flexibility index (Phi) is 6.25. The Bertz CT molecular complexity index is 647. The molecule has 0 bridgehead atoms. The molecule has 2 unspecified atom stereocenters. The van der Waals surface area contributed by atoms with Gasteiger partial charge in [-0.2, -0.15) is 0 Å². The summed E-state index contributed by atoms with van der Waals surface area (Å²) in [5, 5.41) is 6.86. The van der Waals surface area contributed by atoms with Gasteiger partial charge in [-0.25, -0.2) is 0 Å². The lowest BCUT2D eigenvalue weighted by atomic mass is 10.1. The minimum atomic E-state index is 0.238. The highest BCUT2D eigenvalue weighted by Gasteiger charge is 2.22. The van der Waals surface area contributed by atoms with Gasteiger partial charge in [0.2, 0.25) is 0 Å². The van der Waals surface area contributed by atoms with E-state index in [9.17, 15) is 0 Å². The third-order valence-corrected chi connectivity index (χ3v) is 5.10. The minimum Gasteiger partial charge on any atom is -0.494 e. The quantitative estimate of drug-likeness (QED) is 0.600. The van der Waals surface area contributed by atoms with Crippen LogP contribution >= 0.6 is 0 Å². The Balaban J connectivity index is 1.59. The monoisotopic (exact) mass is 360 g/mol. The van der Waals surface area contributed by atoms with Crippen LogP contribution in [0.3, 0.4) is 0 Å². The highest BCUT2D eigenvalue weighted by Crippen LogP contribution is 2.35. The molecule has 0 saturated carbocycles. The van der Waals surface area contributed by atoms with Crippen molar-refractivity contribution in [3.63, 3.8) is 0 Å². The Morgan fingerprint density at radius 1 is 1.38 bits per heavy atom. The summed E-state index contributed by atoms with van der Waals surface area (Å²) in [5.41, 5.74) is 2.33. The first-order valence-corrected chi connectivity index (χ1v) is 9.67. The van der Waals surface area contributed by atoms with Crippen LogP contribution in [0, 0.1) is 5.92 Å². The van der Waals surface area contributed by atoms with Gasteiger partial charge in [0, 0.05) is 44.2 Å². The predicted molar refractivity (Wildman–Crippen MR) is 105 cm³/mol. The Morgan fingerprint density at radius 2 is 2.23 bits per heavy atom. The maximum Gasteiger partial charge on any atom is 0.191 e. The summed E-state index contributed by atoms with van der Waals surface area (Å²) in [6.07, 6.45) is 2.43. The van der Waals surface area contributed by atoms with Crippen molar-refractivity contribution in [3.8, 4) is 11.5 Å². The number of nitrogens with zero attached hydrogens (tertiary/aromatic N) is 2. The largest absolute Gasteiger partial charge is 0.494 e. The molecule has 0 aliphatic carbocycles. The number of likely N-dealkylation sites (tertiary alicyclic amines) is 1. The Morgan fingerprint density at radius 3 is 2.92 bits per heavy atom. The van der Waals surface area contributed by atoms with Crippen molar-refractivity contribution in [1.29, 1.82) is 0 Å². The molecule has 0 amide bonds. The summed E-state index contributed by atoms with van der Waals surface area (Å²) in [5.74, 6) is 3.43. The van der Waals surface area contributed by atoms with E-state index in [1.54, 1.807) is 0 Å². The Hall–Kier alpha value is -1.95. The first-order chi connectivity index (χ1) is 12.6. The van der Waals surface area contributed by atoms with Gasteiger partial charge >= 0.3 is 0 Å². The molecule has 2 aliphatic rings. The zero-order valence-electron chi connectivity index (χ0n) is 16.5. The molecule has 1 aromatic carbocycles. The molecular weight excluding hydrogens is 328 g/mol. The average molecular weight is 361 g/mol. The summed E-state index contributed by atoms with van der Waals surface area (Å²) in [7, 11) is 3.99. The molecular formula is C20H32N4O2. The smallest absolute Gasteiger partial charge is 0.191 e. The van der Waals surface area contributed by atoms with Crippen molar-refractivity contribution >= 4 is 5.96 Å². The molecule has 6 heteroatoms. The molecule has 2 aliphatic heterocycles.